The van der Waals surface area contributed by atoms with E-state index in [0.717, 1.165) is 30.2 Å². The Morgan fingerprint density at radius 2 is 1.94 bits per heavy atom. The van der Waals surface area contributed by atoms with E-state index in [1.165, 1.54) is 0 Å². The first-order chi connectivity index (χ1) is 15.0. The molecule has 1 fully saturated rings. The Balaban J connectivity index is 1.32. The maximum Gasteiger partial charge on any atom is 0.227 e. The van der Waals surface area contributed by atoms with E-state index in [-0.39, 0.29) is 11.5 Å². The number of nitrogens with one attached hydrogen (secondary N) is 2. The third kappa shape index (κ3) is 3.83. The van der Waals surface area contributed by atoms with Gasteiger partial charge in [-0.1, -0.05) is 25.9 Å². The maximum atomic E-state index is 5.58. The van der Waals surface area contributed by atoms with Gasteiger partial charge in [-0.05, 0) is 18.6 Å². The number of aromatic nitrogens is 7. The molecule has 1 aliphatic heterocycles. The molecule has 2 N–H and O–H groups in total. The SMILES string of the molecule is CC(C)(C)c1cc(Nc2ccnc(N3CCC3c3cc(-c4ncccn4)no3)n2)n[nH]1. The highest BCUT2D eigenvalue weighted by molar-refractivity contribution is 5.55. The molecule has 0 bridgehead atoms. The highest BCUT2D eigenvalue weighted by atomic mass is 16.5. The standard InChI is InChI=1S/C21H23N9O/c1-21(2,3)16-12-18(28-27-16)25-17-5-9-24-20(26-17)30-10-6-14(30)15-11-13(29-31-15)19-22-7-4-8-23-19/h4-5,7-9,11-12,14H,6,10H2,1-3H3,(H2,24,25,26,27,28). The first-order valence-corrected chi connectivity index (χ1v) is 10.1. The molecule has 158 valence electrons. The van der Waals surface area contributed by atoms with Crippen molar-refractivity contribution in [1.29, 1.82) is 0 Å². The van der Waals surface area contributed by atoms with Gasteiger partial charge in [0.15, 0.2) is 23.1 Å². The highest BCUT2D eigenvalue weighted by Crippen LogP contribution is 2.37. The van der Waals surface area contributed by atoms with Crippen LogP contribution in [0.1, 0.15) is 44.7 Å². The molecule has 0 aliphatic carbocycles. The van der Waals surface area contributed by atoms with Crippen LogP contribution in [0.2, 0.25) is 0 Å². The summed E-state index contributed by atoms with van der Waals surface area (Å²) >= 11 is 0. The first-order valence-electron chi connectivity index (χ1n) is 10.1. The molecular formula is C21H23N9O. The van der Waals surface area contributed by atoms with E-state index < -0.39 is 0 Å². The Bertz CT molecular complexity index is 1180. The molecule has 0 spiro atoms. The van der Waals surface area contributed by atoms with Crippen LogP contribution in [0.4, 0.5) is 17.6 Å². The van der Waals surface area contributed by atoms with Crippen LogP contribution in [0.25, 0.3) is 11.5 Å². The van der Waals surface area contributed by atoms with Crippen molar-refractivity contribution < 1.29 is 4.52 Å². The van der Waals surface area contributed by atoms with Gasteiger partial charge in [-0.2, -0.15) is 10.1 Å². The van der Waals surface area contributed by atoms with Gasteiger partial charge in [0, 0.05) is 48.4 Å². The van der Waals surface area contributed by atoms with Crippen molar-refractivity contribution >= 4 is 17.6 Å². The van der Waals surface area contributed by atoms with Crippen LogP contribution in [0.5, 0.6) is 0 Å². The van der Waals surface area contributed by atoms with Crippen molar-refractivity contribution in [2.75, 3.05) is 16.8 Å². The monoisotopic (exact) mass is 417 g/mol. The van der Waals surface area contributed by atoms with Crippen molar-refractivity contribution in [2.24, 2.45) is 0 Å². The minimum absolute atomic E-state index is 0.00463. The first kappa shape index (κ1) is 19.2. The predicted molar refractivity (Wildman–Crippen MR) is 115 cm³/mol. The summed E-state index contributed by atoms with van der Waals surface area (Å²) in [7, 11) is 0. The zero-order valence-electron chi connectivity index (χ0n) is 17.6. The molecular weight excluding hydrogens is 394 g/mol. The molecule has 0 amide bonds. The van der Waals surface area contributed by atoms with Gasteiger partial charge >= 0.3 is 0 Å². The second-order valence-corrected chi connectivity index (χ2v) is 8.47. The third-order valence-corrected chi connectivity index (χ3v) is 5.21. The summed E-state index contributed by atoms with van der Waals surface area (Å²) in [6, 6.07) is 7.49. The molecule has 10 heteroatoms. The summed E-state index contributed by atoms with van der Waals surface area (Å²) in [6.07, 6.45) is 6.03. The normalized spacial score (nSPS) is 16.2. The van der Waals surface area contributed by atoms with Crippen molar-refractivity contribution in [3.8, 4) is 11.5 Å². The van der Waals surface area contributed by atoms with Gasteiger partial charge in [0.05, 0.1) is 6.04 Å². The summed E-state index contributed by atoms with van der Waals surface area (Å²) in [5, 5.41) is 14.8. The van der Waals surface area contributed by atoms with Crippen molar-refractivity contribution in [2.45, 2.75) is 38.6 Å². The van der Waals surface area contributed by atoms with Crippen LogP contribution < -0.4 is 10.2 Å². The summed E-state index contributed by atoms with van der Waals surface area (Å²) in [6.45, 7) is 7.24. The van der Waals surface area contributed by atoms with Crippen molar-refractivity contribution in [3.05, 3.63) is 54.3 Å². The Morgan fingerprint density at radius 1 is 1.10 bits per heavy atom. The van der Waals surface area contributed by atoms with E-state index in [0.29, 0.717) is 23.3 Å². The topological polar surface area (TPSA) is 122 Å². The van der Waals surface area contributed by atoms with Gasteiger partial charge in [-0.25, -0.2) is 15.0 Å². The number of H-pyrrole nitrogens is 1. The lowest BCUT2D eigenvalue weighted by Crippen LogP contribution is -2.41. The average molecular weight is 417 g/mol. The maximum absolute atomic E-state index is 5.58. The lowest BCUT2D eigenvalue weighted by Gasteiger charge is -2.39. The quantitative estimate of drug-likeness (QED) is 0.501. The van der Waals surface area contributed by atoms with E-state index >= 15 is 0 Å². The Morgan fingerprint density at radius 3 is 2.65 bits per heavy atom. The zero-order valence-corrected chi connectivity index (χ0v) is 17.6. The fraction of sp³-hybridized carbons (Fsp3) is 0.333. The van der Waals surface area contributed by atoms with Gasteiger partial charge in [-0.3, -0.25) is 5.10 Å². The zero-order chi connectivity index (χ0) is 21.4. The van der Waals surface area contributed by atoms with Crippen LogP contribution in [0.3, 0.4) is 0 Å². The fourth-order valence-electron chi connectivity index (χ4n) is 3.36. The van der Waals surface area contributed by atoms with Gasteiger partial charge in [-0.15, -0.1) is 0 Å². The van der Waals surface area contributed by atoms with Crippen LogP contribution in [0.15, 0.2) is 47.4 Å². The molecule has 5 heterocycles. The molecule has 0 radical (unpaired) electrons. The van der Waals surface area contributed by atoms with Gasteiger partial charge in [0.1, 0.15) is 5.82 Å². The highest BCUT2D eigenvalue weighted by Gasteiger charge is 2.35. The van der Waals surface area contributed by atoms with E-state index in [2.05, 4.69) is 66.3 Å². The number of hydrogen-bond acceptors (Lipinski definition) is 9. The summed E-state index contributed by atoms with van der Waals surface area (Å²) in [4.78, 5) is 19.6. The second kappa shape index (κ2) is 7.46. The van der Waals surface area contributed by atoms with E-state index in [4.69, 9.17) is 4.52 Å². The molecule has 0 aromatic carbocycles. The molecule has 5 rings (SSSR count). The third-order valence-electron chi connectivity index (χ3n) is 5.21. The smallest absolute Gasteiger partial charge is 0.227 e. The van der Waals surface area contributed by atoms with Crippen LogP contribution in [-0.4, -0.2) is 41.8 Å². The summed E-state index contributed by atoms with van der Waals surface area (Å²) < 4.78 is 5.58. The van der Waals surface area contributed by atoms with Crippen LogP contribution in [-0.2, 0) is 5.41 Å². The van der Waals surface area contributed by atoms with Crippen molar-refractivity contribution in [3.63, 3.8) is 0 Å². The molecule has 4 aromatic heterocycles. The average Bonchev–Trinajstić information content (AvgIpc) is 3.38. The molecule has 1 aliphatic rings. The minimum atomic E-state index is -0.00463. The lowest BCUT2D eigenvalue weighted by atomic mass is 9.92. The Hall–Kier alpha value is -3.82. The summed E-state index contributed by atoms with van der Waals surface area (Å²) in [5.74, 6) is 3.31. The molecule has 1 unspecified atom stereocenters. The van der Waals surface area contributed by atoms with E-state index in [9.17, 15) is 0 Å². The number of anilines is 3. The van der Waals surface area contributed by atoms with Gasteiger partial charge in [0.25, 0.3) is 0 Å². The lowest BCUT2D eigenvalue weighted by molar-refractivity contribution is 0.315. The van der Waals surface area contributed by atoms with Crippen LogP contribution in [0, 0.1) is 0 Å². The van der Waals surface area contributed by atoms with Crippen molar-refractivity contribution in [1.82, 2.24) is 35.3 Å². The largest absolute Gasteiger partial charge is 0.358 e. The fourth-order valence-corrected chi connectivity index (χ4v) is 3.36. The molecule has 0 saturated carbocycles. The van der Waals surface area contributed by atoms with E-state index in [1.54, 1.807) is 24.7 Å². The number of hydrogen-bond donors (Lipinski definition) is 2. The number of aromatic amines is 1. The molecule has 1 saturated heterocycles. The van der Waals surface area contributed by atoms with Gasteiger partial charge in [0.2, 0.25) is 5.95 Å². The Labute approximate surface area is 179 Å². The number of rotatable bonds is 5. The predicted octanol–water partition coefficient (Wildman–Crippen LogP) is 3.64. The molecule has 31 heavy (non-hydrogen) atoms. The second-order valence-electron chi connectivity index (χ2n) is 8.47. The van der Waals surface area contributed by atoms with E-state index in [1.807, 2.05) is 18.2 Å². The number of nitrogens with zero attached hydrogens (tertiary/aromatic N) is 7. The molecule has 4 aromatic rings. The van der Waals surface area contributed by atoms with Crippen LogP contribution >= 0.6 is 0 Å². The Kier molecular flexibility index (Phi) is 4.61. The molecule has 1 atom stereocenters. The minimum Gasteiger partial charge on any atom is -0.358 e. The molecule has 10 nitrogen and oxygen atoms in total. The summed E-state index contributed by atoms with van der Waals surface area (Å²) in [5.41, 5.74) is 1.66. The van der Waals surface area contributed by atoms with Gasteiger partial charge < -0.3 is 14.7 Å².